The first kappa shape index (κ1) is 14.9. The number of halogens is 2. The van der Waals surface area contributed by atoms with Gasteiger partial charge in [0.15, 0.2) is 0 Å². The molecule has 1 aromatic rings. The molecule has 0 aliphatic heterocycles. The molecular formula is C13H17ClFNO2. The van der Waals surface area contributed by atoms with Gasteiger partial charge in [-0.25, -0.2) is 4.39 Å². The van der Waals surface area contributed by atoms with Crippen LogP contribution in [0.5, 0.6) is 0 Å². The highest BCUT2D eigenvalue weighted by molar-refractivity contribution is 6.31. The molecule has 1 rings (SSSR count). The van der Waals surface area contributed by atoms with Crippen LogP contribution in [0.15, 0.2) is 18.2 Å². The van der Waals surface area contributed by atoms with Gasteiger partial charge in [0.05, 0.1) is 10.6 Å². The van der Waals surface area contributed by atoms with Gasteiger partial charge in [0.1, 0.15) is 5.82 Å². The summed E-state index contributed by atoms with van der Waals surface area (Å²) in [5.74, 6) is -0.945. The Morgan fingerprint density at radius 3 is 2.78 bits per heavy atom. The predicted molar refractivity (Wildman–Crippen MR) is 69.3 cm³/mol. The van der Waals surface area contributed by atoms with E-state index in [1.54, 1.807) is 6.92 Å². The zero-order valence-electron chi connectivity index (χ0n) is 10.5. The molecule has 0 aliphatic rings. The van der Waals surface area contributed by atoms with Crippen LogP contribution in [0.25, 0.3) is 0 Å². The molecule has 0 saturated carbocycles. The van der Waals surface area contributed by atoms with Gasteiger partial charge in [-0.05, 0) is 31.5 Å². The molecular weight excluding hydrogens is 257 g/mol. The van der Waals surface area contributed by atoms with Crippen molar-refractivity contribution >= 4 is 17.5 Å². The molecule has 0 aromatic heterocycles. The number of nitrogens with one attached hydrogen (secondary N) is 1. The summed E-state index contributed by atoms with van der Waals surface area (Å²) in [5.41, 5.74) is -0.664. The Hall–Kier alpha value is -1.13. The quantitative estimate of drug-likeness (QED) is 0.867. The van der Waals surface area contributed by atoms with Crippen LogP contribution >= 0.6 is 11.6 Å². The lowest BCUT2D eigenvalue weighted by atomic mass is 10.0. The summed E-state index contributed by atoms with van der Waals surface area (Å²) in [6.07, 6.45) is 1.42. The lowest BCUT2D eigenvalue weighted by molar-refractivity contribution is 0.0469. The Morgan fingerprint density at radius 1 is 1.56 bits per heavy atom. The van der Waals surface area contributed by atoms with Crippen molar-refractivity contribution in [2.45, 2.75) is 32.3 Å². The molecule has 1 atom stereocenters. The fourth-order valence-corrected chi connectivity index (χ4v) is 1.82. The number of aliphatic hydroxyl groups is 1. The van der Waals surface area contributed by atoms with E-state index < -0.39 is 11.4 Å². The Bertz CT molecular complexity index is 435. The first-order valence-corrected chi connectivity index (χ1v) is 6.19. The van der Waals surface area contributed by atoms with E-state index in [2.05, 4.69) is 5.32 Å². The summed E-state index contributed by atoms with van der Waals surface area (Å²) < 4.78 is 12.9. The Labute approximate surface area is 111 Å². The Kier molecular flexibility index (Phi) is 5.11. The van der Waals surface area contributed by atoms with Gasteiger partial charge in [0.2, 0.25) is 0 Å². The third-order valence-electron chi connectivity index (χ3n) is 2.60. The molecule has 1 unspecified atom stereocenters. The Morgan fingerprint density at radius 2 is 2.22 bits per heavy atom. The van der Waals surface area contributed by atoms with Gasteiger partial charge in [-0.15, -0.1) is 0 Å². The molecule has 1 aromatic carbocycles. The van der Waals surface area contributed by atoms with E-state index in [9.17, 15) is 14.3 Å². The van der Waals surface area contributed by atoms with Crippen LogP contribution in [0.1, 0.15) is 37.0 Å². The average Bonchev–Trinajstić information content (AvgIpc) is 2.30. The fraction of sp³-hybridized carbons (Fsp3) is 0.462. The molecule has 2 N–H and O–H groups in total. The molecule has 1 amide bonds. The van der Waals surface area contributed by atoms with E-state index in [0.29, 0.717) is 6.42 Å². The van der Waals surface area contributed by atoms with Gasteiger partial charge in [0, 0.05) is 12.1 Å². The lowest BCUT2D eigenvalue weighted by Crippen LogP contribution is -2.40. The minimum atomic E-state index is -0.936. The van der Waals surface area contributed by atoms with E-state index in [1.165, 1.54) is 12.1 Å². The number of benzene rings is 1. The smallest absolute Gasteiger partial charge is 0.251 e. The molecule has 0 radical (unpaired) electrons. The highest BCUT2D eigenvalue weighted by atomic mass is 35.5. The van der Waals surface area contributed by atoms with Crippen LogP contribution in [-0.4, -0.2) is 23.2 Å². The highest BCUT2D eigenvalue weighted by Gasteiger charge is 2.20. The normalized spacial score (nSPS) is 14.1. The van der Waals surface area contributed by atoms with Crippen molar-refractivity contribution in [1.29, 1.82) is 0 Å². The van der Waals surface area contributed by atoms with Gasteiger partial charge in [-0.1, -0.05) is 24.9 Å². The van der Waals surface area contributed by atoms with Crippen LogP contribution in [0.2, 0.25) is 5.02 Å². The first-order valence-electron chi connectivity index (χ1n) is 5.81. The van der Waals surface area contributed by atoms with E-state index >= 15 is 0 Å². The standard InChI is InChI=1S/C13H17ClFNO2/c1-3-6-13(2,18)8-16-12(17)9-4-5-11(15)10(14)7-9/h4-5,7,18H,3,6,8H2,1-2H3,(H,16,17). The number of hydrogen-bond acceptors (Lipinski definition) is 2. The van der Waals surface area contributed by atoms with E-state index in [4.69, 9.17) is 11.6 Å². The lowest BCUT2D eigenvalue weighted by Gasteiger charge is -2.22. The summed E-state index contributed by atoms with van der Waals surface area (Å²) in [4.78, 5) is 11.8. The van der Waals surface area contributed by atoms with E-state index in [1.807, 2.05) is 6.92 Å². The third-order valence-corrected chi connectivity index (χ3v) is 2.89. The van der Waals surface area contributed by atoms with Crippen LogP contribution in [0.3, 0.4) is 0 Å². The van der Waals surface area contributed by atoms with E-state index in [-0.39, 0.29) is 23.0 Å². The number of amides is 1. The van der Waals surface area contributed by atoms with Crippen molar-refractivity contribution in [2.24, 2.45) is 0 Å². The third kappa shape index (κ3) is 4.27. The maximum absolute atomic E-state index is 12.9. The maximum atomic E-state index is 12.9. The second kappa shape index (κ2) is 6.16. The summed E-state index contributed by atoms with van der Waals surface area (Å²) in [6, 6.07) is 3.76. The molecule has 0 bridgehead atoms. The van der Waals surface area contributed by atoms with Gasteiger partial charge in [-0.3, -0.25) is 4.79 Å². The van der Waals surface area contributed by atoms with Crippen LogP contribution in [0, 0.1) is 5.82 Å². The van der Waals surface area contributed by atoms with Crippen LogP contribution < -0.4 is 5.32 Å². The molecule has 0 aliphatic carbocycles. The predicted octanol–water partition coefficient (Wildman–Crippen LogP) is 2.76. The van der Waals surface area contributed by atoms with Crippen molar-refractivity contribution < 1.29 is 14.3 Å². The highest BCUT2D eigenvalue weighted by Crippen LogP contribution is 2.16. The topological polar surface area (TPSA) is 49.3 Å². The summed E-state index contributed by atoms with van der Waals surface area (Å²) >= 11 is 5.59. The second-order valence-corrected chi connectivity index (χ2v) is 4.97. The minimum absolute atomic E-state index is 0.0945. The van der Waals surface area contributed by atoms with Gasteiger partial charge < -0.3 is 10.4 Å². The van der Waals surface area contributed by atoms with Crippen molar-refractivity contribution in [2.75, 3.05) is 6.54 Å². The molecule has 100 valence electrons. The number of rotatable bonds is 5. The van der Waals surface area contributed by atoms with Gasteiger partial charge >= 0.3 is 0 Å². The van der Waals surface area contributed by atoms with Crippen LogP contribution in [-0.2, 0) is 0 Å². The minimum Gasteiger partial charge on any atom is -0.388 e. The van der Waals surface area contributed by atoms with E-state index in [0.717, 1.165) is 12.5 Å². The van der Waals surface area contributed by atoms with Gasteiger partial charge in [0.25, 0.3) is 5.91 Å². The summed E-state index contributed by atoms with van der Waals surface area (Å²) in [6.45, 7) is 3.76. The van der Waals surface area contributed by atoms with Crippen molar-refractivity contribution in [3.63, 3.8) is 0 Å². The fourth-order valence-electron chi connectivity index (χ4n) is 1.64. The van der Waals surface area contributed by atoms with Gasteiger partial charge in [-0.2, -0.15) is 0 Å². The van der Waals surface area contributed by atoms with Crippen molar-refractivity contribution in [3.8, 4) is 0 Å². The van der Waals surface area contributed by atoms with Crippen molar-refractivity contribution in [3.05, 3.63) is 34.6 Å². The molecule has 5 heteroatoms. The number of hydrogen-bond donors (Lipinski definition) is 2. The van der Waals surface area contributed by atoms with Crippen molar-refractivity contribution in [1.82, 2.24) is 5.32 Å². The zero-order valence-corrected chi connectivity index (χ0v) is 11.2. The maximum Gasteiger partial charge on any atom is 0.251 e. The molecule has 0 saturated heterocycles. The number of carbonyl (C=O) groups is 1. The largest absolute Gasteiger partial charge is 0.388 e. The molecule has 0 fully saturated rings. The molecule has 0 spiro atoms. The first-order chi connectivity index (χ1) is 8.35. The zero-order chi connectivity index (χ0) is 13.8. The Balaban J connectivity index is 2.63. The summed E-state index contributed by atoms with van der Waals surface area (Å²) in [7, 11) is 0. The summed E-state index contributed by atoms with van der Waals surface area (Å²) in [5, 5.41) is 12.4. The average molecular weight is 274 g/mol. The van der Waals surface area contributed by atoms with Crippen LogP contribution in [0.4, 0.5) is 4.39 Å². The second-order valence-electron chi connectivity index (χ2n) is 4.56. The molecule has 0 heterocycles. The monoisotopic (exact) mass is 273 g/mol. The SMILES string of the molecule is CCCC(C)(O)CNC(=O)c1ccc(F)c(Cl)c1. The number of carbonyl (C=O) groups excluding carboxylic acids is 1. The molecule has 3 nitrogen and oxygen atoms in total. The molecule has 18 heavy (non-hydrogen) atoms.